The normalized spacial score (nSPS) is 13.0. The molecule has 26 heavy (non-hydrogen) atoms. The fraction of sp³-hybridized carbons (Fsp3) is 0.294. The highest BCUT2D eigenvalue weighted by Gasteiger charge is 2.32. The van der Waals surface area contributed by atoms with Gasteiger partial charge < -0.3 is 4.90 Å². The van der Waals surface area contributed by atoms with E-state index in [1.165, 1.54) is 23.6 Å². The smallest absolute Gasteiger partial charge is 0.309 e. The van der Waals surface area contributed by atoms with E-state index < -0.39 is 21.8 Å². The van der Waals surface area contributed by atoms with Crippen molar-refractivity contribution in [3.05, 3.63) is 53.0 Å². The molecule has 0 aliphatic rings. The van der Waals surface area contributed by atoms with Gasteiger partial charge in [-0.05, 0) is 55.7 Å². The third kappa shape index (κ3) is 3.51. The van der Waals surface area contributed by atoms with Crippen molar-refractivity contribution in [3.8, 4) is 0 Å². The molecule has 0 unspecified atom stereocenters. The van der Waals surface area contributed by atoms with Gasteiger partial charge in [-0.3, -0.25) is 0 Å². The van der Waals surface area contributed by atoms with Crippen molar-refractivity contribution in [1.82, 2.24) is 8.87 Å². The van der Waals surface area contributed by atoms with Crippen LogP contribution in [0.15, 0.2) is 46.8 Å². The second-order valence-corrected chi connectivity index (χ2v) is 8.88. The van der Waals surface area contributed by atoms with Gasteiger partial charge in [0.1, 0.15) is 4.83 Å². The van der Waals surface area contributed by atoms with Crippen LogP contribution in [0.3, 0.4) is 0 Å². The molecule has 0 aliphatic carbocycles. The van der Waals surface area contributed by atoms with Crippen molar-refractivity contribution in [3.63, 3.8) is 0 Å². The van der Waals surface area contributed by atoms with Crippen LogP contribution in [0.5, 0.6) is 0 Å². The van der Waals surface area contributed by atoms with Gasteiger partial charge in [-0.1, -0.05) is 6.07 Å². The van der Waals surface area contributed by atoms with Crippen LogP contribution in [0.25, 0.3) is 10.2 Å². The van der Waals surface area contributed by atoms with E-state index in [9.17, 15) is 21.6 Å². The lowest BCUT2D eigenvalue weighted by atomic mass is 10.2. The molecule has 0 saturated carbocycles. The molecule has 0 radical (unpaired) electrons. The summed E-state index contributed by atoms with van der Waals surface area (Å²) in [6.07, 6.45) is -2.44. The quantitative estimate of drug-likeness (QED) is 0.646. The van der Waals surface area contributed by atoms with E-state index in [1.54, 1.807) is 5.38 Å². The van der Waals surface area contributed by atoms with E-state index in [0.717, 1.165) is 33.6 Å². The largest absolute Gasteiger partial charge is 0.416 e. The van der Waals surface area contributed by atoms with Gasteiger partial charge in [0.05, 0.1) is 10.5 Å². The summed E-state index contributed by atoms with van der Waals surface area (Å²) in [5.74, 6) is 0. The first kappa shape index (κ1) is 18.9. The minimum absolute atomic E-state index is 0.378. The van der Waals surface area contributed by atoms with E-state index in [4.69, 9.17) is 0 Å². The van der Waals surface area contributed by atoms with Crippen LogP contribution < -0.4 is 0 Å². The summed E-state index contributed by atoms with van der Waals surface area (Å²) in [5, 5.41) is 2.59. The third-order valence-corrected chi connectivity index (χ3v) is 6.69. The molecule has 9 heteroatoms. The lowest BCUT2D eigenvalue weighted by Crippen LogP contribution is -2.15. The Bertz CT molecular complexity index is 1030. The second-order valence-electron chi connectivity index (χ2n) is 6.17. The van der Waals surface area contributed by atoms with Crippen LogP contribution >= 0.6 is 11.3 Å². The minimum Gasteiger partial charge on any atom is -0.309 e. The van der Waals surface area contributed by atoms with E-state index in [2.05, 4.69) is 0 Å². The van der Waals surface area contributed by atoms with E-state index in [0.29, 0.717) is 17.3 Å². The second kappa shape index (κ2) is 6.71. The number of hydrogen-bond donors (Lipinski definition) is 0. The molecule has 0 aliphatic heterocycles. The SMILES string of the molecule is CN(C)CCc1cn(S(=O)(=O)c2cccc(C(F)(F)F)c2)c2sccc12. The molecule has 0 atom stereocenters. The lowest BCUT2D eigenvalue weighted by Gasteiger charge is -2.10. The van der Waals surface area contributed by atoms with E-state index in [-0.39, 0.29) is 4.90 Å². The van der Waals surface area contributed by atoms with Gasteiger partial charge in [-0.25, -0.2) is 12.4 Å². The van der Waals surface area contributed by atoms with Crippen molar-refractivity contribution in [1.29, 1.82) is 0 Å². The van der Waals surface area contributed by atoms with Crippen LogP contribution in [0.2, 0.25) is 0 Å². The molecular weight excluding hydrogens is 385 g/mol. The Hall–Kier alpha value is -1.84. The Morgan fingerprint density at radius 2 is 1.92 bits per heavy atom. The summed E-state index contributed by atoms with van der Waals surface area (Å²) in [4.78, 5) is 2.12. The summed E-state index contributed by atoms with van der Waals surface area (Å²) in [6, 6.07) is 5.66. The summed E-state index contributed by atoms with van der Waals surface area (Å²) >= 11 is 1.25. The molecule has 3 rings (SSSR count). The first-order valence-corrected chi connectivity index (χ1v) is 10.1. The summed E-state index contributed by atoms with van der Waals surface area (Å²) < 4.78 is 65.8. The van der Waals surface area contributed by atoms with Crippen LogP contribution in [-0.2, 0) is 22.6 Å². The number of aromatic nitrogens is 1. The monoisotopic (exact) mass is 402 g/mol. The lowest BCUT2D eigenvalue weighted by molar-refractivity contribution is -0.137. The number of nitrogens with zero attached hydrogens (tertiary/aromatic N) is 2. The van der Waals surface area contributed by atoms with Gasteiger partial charge in [0, 0.05) is 18.1 Å². The first-order chi connectivity index (χ1) is 12.1. The number of thiophene rings is 1. The van der Waals surface area contributed by atoms with Crippen LogP contribution in [-0.4, -0.2) is 37.9 Å². The first-order valence-electron chi connectivity index (χ1n) is 7.75. The van der Waals surface area contributed by atoms with Crippen molar-refractivity contribution in [2.45, 2.75) is 17.5 Å². The van der Waals surface area contributed by atoms with Crippen molar-refractivity contribution in [2.75, 3.05) is 20.6 Å². The molecule has 0 bridgehead atoms. The molecule has 0 spiro atoms. The van der Waals surface area contributed by atoms with Gasteiger partial charge in [0.2, 0.25) is 0 Å². The molecule has 1 aromatic carbocycles. The highest BCUT2D eigenvalue weighted by Crippen LogP contribution is 2.33. The zero-order chi connectivity index (χ0) is 19.1. The number of alkyl halides is 3. The Kier molecular flexibility index (Phi) is 4.89. The fourth-order valence-electron chi connectivity index (χ4n) is 2.65. The molecule has 0 N–H and O–H groups in total. The molecular formula is C17H17F3N2O2S2. The predicted molar refractivity (Wildman–Crippen MR) is 96.1 cm³/mol. The summed E-state index contributed by atoms with van der Waals surface area (Å²) in [5.41, 5.74) is -0.133. The van der Waals surface area contributed by atoms with Gasteiger partial charge >= 0.3 is 6.18 Å². The number of likely N-dealkylation sites (N-methyl/N-ethyl adjacent to an activating group) is 1. The maximum absolute atomic E-state index is 13.0. The van der Waals surface area contributed by atoms with Crippen LogP contribution in [0.4, 0.5) is 13.2 Å². The fourth-order valence-corrected chi connectivity index (χ4v) is 5.23. The maximum Gasteiger partial charge on any atom is 0.416 e. The van der Waals surface area contributed by atoms with Gasteiger partial charge in [0.15, 0.2) is 0 Å². The average Bonchev–Trinajstić information content (AvgIpc) is 3.14. The van der Waals surface area contributed by atoms with Gasteiger partial charge in [-0.15, -0.1) is 11.3 Å². The minimum atomic E-state index is -4.60. The molecule has 2 aromatic heterocycles. The number of benzene rings is 1. The van der Waals surface area contributed by atoms with Crippen molar-refractivity contribution < 1.29 is 21.6 Å². The Balaban J connectivity index is 2.09. The summed E-state index contributed by atoms with van der Waals surface area (Å²) in [7, 11) is -0.287. The Labute approximate surface area is 153 Å². The van der Waals surface area contributed by atoms with Gasteiger partial charge in [-0.2, -0.15) is 13.2 Å². The standard InChI is InChI=1S/C17H17F3N2O2S2/c1-21(2)8-6-12-11-22(16-15(12)7-9-25-16)26(23,24)14-5-3-4-13(10-14)17(18,19)20/h3-5,7,9-11H,6,8H2,1-2H3. The highest BCUT2D eigenvalue weighted by atomic mass is 32.2. The molecule has 2 heterocycles. The zero-order valence-corrected chi connectivity index (χ0v) is 15.7. The van der Waals surface area contributed by atoms with Crippen LogP contribution in [0, 0.1) is 0 Å². The molecule has 4 nitrogen and oxygen atoms in total. The molecule has 0 saturated heterocycles. The van der Waals surface area contributed by atoms with E-state index >= 15 is 0 Å². The molecule has 0 amide bonds. The molecule has 0 fully saturated rings. The van der Waals surface area contributed by atoms with Crippen molar-refractivity contribution >= 4 is 31.6 Å². The zero-order valence-electron chi connectivity index (χ0n) is 14.1. The van der Waals surface area contributed by atoms with Crippen molar-refractivity contribution in [2.24, 2.45) is 0 Å². The molecule has 3 aromatic rings. The van der Waals surface area contributed by atoms with Gasteiger partial charge in [0.25, 0.3) is 10.0 Å². The number of hydrogen-bond acceptors (Lipinski definition) is 4. The van der Waals surface area contributed by atoms with E-state index in [1.807, 2.05) is 25.1 Å². The number of fused-ring (bicyclic) bond motifs is 1. The average molecular weight is 402 g/mol. The Morgan fingerprint density at radius 1 is 1.19 bits per heavy atom. The number of rotatable bonds is 5. The number of halogens is 3. The topological polar surface area (TPSA) is 42.3 Å². The third-order valence-electron chi connectivity index (χ3n) is 4.01. The van der Waals surface area contributed by atoms with Crippen LogP contribution in [0.1, 0.15) is 11.1 Å². The predicted octanol–water partition coefficient (Wildman–Crippen LogP) is 4.06. The highest BCUT2D eigenvalue weighted by molar-refractivity contribution is 7.90. The summed E-state index contributed by atoms with van der Waals surface area (Å²) in [6.45, 7) is 0.735. The molecule has 140 valence electrons. The maximum atomic E-state index is 13.0. The Morgan fingerprint density at radius 3 is 2.58 bits per heavy atom.